The van der Waals surface area contributed by atoms with E-state index in [2.05, 4.69) is 5.10 Å². The van der Waals surface area contributed by atoms with Gasteiger partial charge in [-0.1, -0.05) is 6.92 Å². The van der Waals surface area contributed by atoms with Crippen molar-refractivity contribution in [3.63, 3.8) is 0 Å². The monoisotopic (exact) mass is 440 g/mol. The number of nitriles is 1. The number of nitrogen functional groups attached to an aromatic ring is 1. The lowest BCUT2D eigenvalue weighted by Gasteiger charge is -2.24. The van der Waals surface area contributed by atoms with Crippen molar-refractivity contribution in [2.24, 2.45) is 5.92 Å². The van der Waals surface area contributed by atoms with E-state index in [9.17, 15) is 29.7 Å². The minimum absolute atomic E-state index is 0.105. The number of hydrogen-bond acceptors (Lipinski definition) is 9. The van der Waals surface area contributed by atoms with Crippen molar-refractivity contribution in [2.75, 3.05) is 18.5 Å². The molecule has 12 nitrogen and oxygen atoms in total. The second kappa shape index (κ2) is 7.96. The molecule has 0 amide bonds. The Hall–Kier alpha value is -2.52. The summed E-state index contributed by atoms with van der Waals surface area (Å²) in [7, 11) is -4.33. The minimum atomic E-state index is -4.33. The van der Waals surface area contributed by atoms with E-state index in [1.54, 1.807) is 12.1 Å². The zero-order valence-corrected chi connectivity index (χ0v) is 16.7. The highest BCUT2D eigenvalue weighted by molar-refractivity contribution is 7.52. The number of rotatable bonds is 7. The summed E-state index contributed by atoms with van der Waals surface area (Å²) in [6.45, 7) is 0.594. The number of aliphatic carboxylic acids is 1. The van der Waals surface area contributed by atoms with E-state index in [0.717, 1.165) is 0 Å². The van der Waals surface area contributed by atoms with Gasteiger partial charge in [-0.05, 0) is 18.2 Å². The lowest BCUT2D eigenvalue weighted by molar-refractivity contribution is -0.140. The number of aromatic nitrogens is 2. The first-order valence-electron chi connectivity index (χ1n) is 8.89. The third-order valence-corrected chi connectivity index (χ3v) is 6.52. The molecular formula is C17H21N4O8P. The Morgan fingerprint density at radius 1 is 1.50 bits per heavy atom. The molecule has 2 unspecified atom stereocenters. The van der Waals surface area contributed by atoms with Crippen LogP contribution in [0.4, 0.5) is 5.69 Å². The maximum Gasteiger partial charge on any atom is 0.329 e. The number of ether oxygens (including phenoxy) is 1. The van der Waals surface area contributed by atoms with Gasteiger partial charge >= 0.3 is 13.6 Å². The van der Waals surface area contributed by atoms with E-state index in [1.165, 1.54) is 23.7 Å². The van der Waals surface area contributed by atoms with E-state index >= 15 is 0 Å². The van der Waals surface area contributed by atoms with Crippen LogP contribution in [0.3, 0.4) is 0 Å². The maximum absolute atomic E-state index is 12.1. The van der Waals surface area contributed by atoms with Gasteiger partial charge in [-0.15, -0.1) is 0 Å². The number of anilines is 1. The number of carboxylic acid groups (broad SMARTS) is 1. The van der Waals surface area contributed by atoms with Crippen LogP contribution < -0.4 is 5.73 Å². The van der Waals surface area contributed by atoms with Crippen LogP contribution in [0, 0.1) is 17.2 Å². The summed E-state index contributed by atoms with van der Waals surface area (Å²) in [4.78, 5) is 20.7. The first kappa shape index (κ1) is 22.2. The van der Waals surface area contributed by atoms with Crippen LogP contribution in [0.15, 0.2) is 24.4 Å². The fourth-order valence-electron chi connectivity index (χ4n) is 3.30. The van der Waals surface area contributed by atoms with Gasteiger partial charge < -0.3 is 35.2 Å². The molecule has 2 aromatic rings. The largest absolute Gasteiger partial charge is 0.481 e. The molecule has 6 atom stereocenters. The van der Waals surface area contributed by atoms with Crippen LogP contribution in [0.1, 0.15) is 12.6 Å². The minimum Gasteiger partial charge on any atom is -0.481 e. The zero-order chi connectivity index (χ0) is 22.3. The van der Waals surface area contributed by atoms with E-state index < -0.39 is 56.2 Å². The number of aliphatic hydroxyl groups excluding tert-OH is 2. The Balaban J connectivity index is 1.84. The van der Waals surface area contributed by atoms with Crippen LogP contribution >= 0.6 is 7.60 Å². The SMILES string of the molecule is CC(CP(=O)(O)OC[C@H]1O[C@@](C#N)(c2ccc3c(N)ccnn23)[C@H](O)[C@@H]1O)C(=O)O. The molecule has 162 valence electrons. The Labute approximate surface area is 170 Å². The van der Waals surface area contributed by atoms with Gasteiger partial charge in [0.05, 0.1) is 35.6 Å². The number of carboxylic acids is 1. The van der Waals surface area contributed by atoms with Gasteiger partial charge in [0.1, 0.15) is 24.4 Å². The normalized spacial score (nSPS) is 29.4. The maximum atomic E-state index is 12.1. The molecular weight excluding hydrogens is 419 g/mol. The van der Waals surface area contributed by atoms with E-state index in [1.807, 2.05) is 6.07 Å². The summed E-state index contributed by atoms with van der Waals surface area (Å²) in [6.07, 6.45) is -3.96. The summed E-state index contributed by atoms with van der Waals surface area (Å²) >= 11 is 0. The van der Waals surface area contributed by atoms with Gasteiger partial charge in [0.25, 0.3) is 0 Å². The van der Waals surface area contributed by atoms with Crippen LogP contribution in [-0.2, 0) is 24.2 Å². The number of fused-ring (bicyclic) bond motifs is 1. The molecule has 0 bridgehead atoms. The highest BCUT2D eigenvalue weighted by atomic mass is 31.2. The second-order valence-corrected chi connectivity index (χ2v) is 8.99. The standard InChI is InChI=1S/C17H21N4O8P/c1-9(16(24)25)7-30(26,27)28-6-12-14(22)15(23)17(8-18,29-12)13-3-2-11-10(19)4-5-20-21(11)13/h2-5,9,12,14-15,22-23H,6-7,19H2,1H3,(H,24,25)(H,26,27)/t9?,12-,14-,15-,17+/m1/s1. The van der Waals surface area contributed by atoms with E-state index in [4.69, 9.17) is 20.1 Å². The fourth-order valence-corrected chi connectivity index (χ4v) is 4.64. The molecule has 6 N–H and O–H groups in total. The average Bonchev–Trinajstić information content (AvgIpc) is 3.22. The lowest BCUT2D eigenvalue weighted by Crippen LogP contribution is -2.41. The highest BCUT2D eigenvalue weighted by Crippen LogP contribution is 2.46. The van der Waals surface area contributed by atoms with Crippen molar-refractivity contribution in [1.29, 1.82) is 5.26 Å². The van der Waals surface area contributed by atoms with Crippen molar-refractivity contribution in [2.45, 2.75) is 30.8 Å². The predicted molar refractivity (Wildman–Crippen MR) is 101 cm³/mol. The molecule has 13 heteroatoms. The molecule has 1 aliphatic rings. The van der Waals surface area contributed by atoms with Gasteiger partial charge in [0.15, 0.2) is 0 Å². The molecule has 0 aromatic carbocycles. The second-order valence-electron chi connectivity index (χ2n) is 7.10. The molecule has 1 saturated heterocycles. The Kier molecular flexibility index (Phi) is 5.88. The van der Waals surface area contributed by atoms with Crippen molar-refractivity contribution >= 4 is 24.8 Å². The average molecular weight is 440 g/mol. The van der Waals surface area contributed by atoms with E-state index in [-0.39, 0.29) is 5.69 Å². The summed E-state index contributed by atoms with van der Waals surface area (Å²) in [6, 6.07) is 6.43. The van der Waals surface area contributed by atoms with Crippen LogP contribution in [0.25, 0.3) is 5.52 Å². The molecule has 2 aromatic heterocycles. The summed E-state index contributed by atoms with van der Waals surface area (Å²) in [5.74, 6) is -2.40. The molecule has 0 saturated carbocycles. The van der Waals surface area contributed by atoms with Crippen LogP contribution in [0.5, 0.6) is 0 Å². The van der Waals surface area contributed by atoms with Gasteiger partial charge in [0, 0.05) is 6.20 Å². The molecule has 0 spiro atoms. The molecule has 3 rings (SSSR count). The Morgan fingerprint density at radius 2 is 2.20 bits per heavy atom. The van der Waals surface area contributed by atoms with Crippen molar-refractivity contribution in [3.05, 3.63) is 30.1 Å². The molecule has 30 heavy (non-hydrogen) atoms. The first-order valence-corrected chi connectivity index (χ1v) is 10.7. The molecule has 1 fully saturated rings. The fraction of sp³-hybridized carbons (Fsp3) is 0.471. The van der Waals surface area contributed by atoms with Crippen molar-refractivity contribution in [1.82, 2.24) is 9.61 Å². The first-order chi connectivity index (χ1) is 14.0. The Morgan fingerprint density at radius 3 is 2.83 bits per heavy atom. The summed E-state index contributed by atoms with van der Waals surface area (Å²) < 4.78 is 24.0. The number of nitrogens with zero attached hydrogens (tertiary/aromatic N) is 3. The number of nitrogens with two attached hydrogens (primary N) is 1. The molecule has 0 radical (unpaired) electrons. The predicted octanol–water partition coefficient (Wildman–Crippen LogP) is -0.321. The van der Waals surface area contributed by atoms with Gasteiger partial charge in [-0.25, -0.2) is 4.52 Å². The van der Waals surface area contributed by atoms with Crippen LogP contribution in [0.2, 0.25) is 0 Å². The van der Waals surface area contributed by atoms with Gasteiger partial charge in [0.2, 0.25) is 5.60 Å². The number of hydrogen-bond donors (Lipinski definition) is 5. The third-order valence-electron chi connectivity index (χ3n) is 4.96. The molecule has 0 aliphatic carbocycles. The Bertz CT molecular complexity index is 1050. The topological polar surface area (TPSA) is 201 Å². The van der Waals surface area contributed by atoms with Gasteiger partial charge in [-0.3, -0.25) is 9.36 Å². The number of aliphatic hydroxyl groups is 2. The zero-order valence-electron chi connectivity index (χ0n) is 15.8. The quantitative estimate of drug-likeness (QED) is 0.353. The van der Waals surface area contributed by atoms with Crippen molar-refractivity contribution < 1.29 is 38.8 Å². The highest BCUT2D eigenvalue weighted by Gasteiger charge is 2.57. The smallest absolute Gasteiger partial charge is 0.329 e. The van der Waals surface area contributed by atoms with Crippen LogP contribution in [-0.4, -0.2) is 66.9 Å². The molecule has 3 heterocycles. The number of carbonyl (C=O) groups is 1. The summed E-state index contributed by atoms with van der Waals surface area (Å²) in [5, 5.41) is 43.8. The lowest BCUT2D eigenvalue weighted by atomic mass is 9.92. The van der Waals surface area contributed by atoms with Crippen molar-refractivity contribution in [3.8, 4) is 6.07 Å². The summed E-state index contributed by atoms with van der Waals surface area (Å²) in [5.41, 5.74) is 4.76. The van der Waals surface area contributed by atoms with Gasteiger partial charge in [-0.2, -0.15) is 10.4 Å². The van der Waals surface area contributed by atoms with E-state index in [0.29, 0.717) is 11.2 Å². The molecule has 1 aliphatic heterocycles. The third kappa shape index (κ3) is 3.79.